The number of nitrogens with zero attached hydrogens (tertiary/aromatic N) is 1. The molecular weight excluding hydrogens is 389 g/mol. The SMILES string of the molecule is CN(C)[P+](CCc1ccccc1)(c1ccccc1)c1ccccc1.[Br-]. The summed E-state index contributed by atoms with van der Waals surface area (Å²) in [5.74, 6) is 0. The van der Waals surface area contributed by atoms with Gasteiger partial charge in [0.05, 0.1) is 6.16 Å². The van der Waals surface area contributed by atoms with E-state index in [0.717, 1.165) is 12.6 Å². The van der Waals surface area contributed by atoms with Crippen LogP contribution in [0.25, 0.3) is 0 Å². The average molecular weight is 414 g/mol. The van der Waals surface area contributed by atoms with Crippen molar-refractivity contribution in [3.05, 3.63) is 96.6 Å². The van der Waals surface area contributed by atoms with Crippen LogP contribution in [0.5, 0.6) is 0 Å². The lowest BCUT2D eigenvalue weighted by molar-refractivity contribution is -0.00000481. The van der Waals surface area contributed by atoms with E-state index in [1.54, 1.807) is 0 Å². The van der Waals surface area contributed by atoms with Gasteiger partial charge in [0.15, 0.2) is 0 Å². The second kappa shape index (κ2) is 9.29. The molecule has 0 amide bonds. The van der Waals surface area contributed by atoms with E-state index in [2.05, 4.69) is 110 Å². The van der Waals surface area contributed by atoms with Crippen molar-refractivity contribution in [1.82, 2.24) is 4.67 Å². The van der Waals surface area contributed by atoms with Crippen LogP contribution in [0.2, 0.25) is 0 Å². The molecule has 0 aromatic heterocycles. The maximum atomic E-state index is 2.47. The lowest BCUT2D eigenvalue weighted by Gasteiger charge is -2.32. The first kappa shape index (κ1) is 19.8. The third kappa shape index (κ3) is 4.39. The van der Waals surface area contributed by atoms with E-state index in [9.17, 15) is 0 Å². The minimum Gasteiger partial charge on any atom is -1.00 e. The second-order valence-electron chi connectivity index (χ2n) is 6.25. The van der Waals surface area contributed by atoms with Gasteiger partial charge in [0.25, 0.3) is 0 Å². The molecular formula is C22H25BrNP. The number of halogens is 1. The summed E-state index contributed by atoms with van der Waals surface area (Å²) >= 11 is 0. The number of rotatable bonds is 6. The Kier molecular flexibility index (Phi) is 7.38. The normalized spacial score (nSPS) is 11.2. The van der Waals surface area contributed by atoms with Crippen LogP contribution in [0.3, 0.4) is 0 Å². The highest BCUT2D eigenvalue weighted by Gasteiger charge is 2.45. The van der Waals surface area contributed by atoms with E-state index in [1.165, 1.54) is 16.2 Å². The third-order valence-electron chi connectivity index (χ3n) is 4.62. The Hall–Kier alpha value is -1.47. The van der Waals surface area contributed by atoms with E-state index < -0.39 is 7.41 Å². The quantitative estimate of drug-likeness (QED) is 0.551. The van der Waals surface area contributed by atoms with Crippen molar-refractivity contribution in [3.8, 4) is 0 Å². The molecule has 0 N–H and O–H groups in total. The highest BCUT2D eigenvalue weighted by atomic mass is 79.9. The van der Waals surface area contributed by atoms with E-state index >= 15 is 0 Å². The molecule has 3 aromatic rings. The van der Waals surface area contributed by atoms with Gasteiger partial charge in [-0.25, -0.2) is 0 Å². The van der Waals surface area contributed by atoms with Crippen LogP contribution in [0.15, 0.2) is 91.0 Å². The molecule has 0 saturated carbocycles. The molecule has 0 spiro atoms. The molecule has 3 aromatic carbocycles. The summed E-state index contributed by atoms with van der Waals surface area (Å²) in [5.41, 5.74) is 1.41. The maximum absolute atomic E-state index is 2.47. The van der Waals surface area contributed by atoms with E-state index in [4.69, 9.17) is 0 Å². The highest BCUT2D eigenvalue weighted by Crippen LogP contribution is 2.58. The van der Waals surface area contributed by atoms with Gasteiger partial charge in [0, 0.05) is 20.5 Å². The van der Waals surface area contributed by atoms with Crippen LogP contribution in [0, 0.1) is 0 Å². The summed E-state index contributed by atoms with van der Waals surface area (Å²) in [7, 11) is 2.86. The molecule has 0 bridgehead atoms. The topological polar surface area (TPSA) is 3.24 Å². The largest absolute Gasteiger partial charge is 1.00 e. The van der Waals surface area contributed by atoms with Gasteiger partial charge in [-0.3, -0.25) is 0 Å². The zero-order valence-electron chi connectivity index (χ0n) is 14.8. The van der Waals surface area contributed by atoms with Gasteiger partial charge >= 0.3 is 0 Å². The van der Waals surface area contributed by atoms with Crippen molar-refractivity contribution in [2.45, 2.75) is 6.42 Å². The van der Waals surface area contributed by atoms with E-state index in [-0.39, 0.29) is 17.0 Å². The molecule has 0 heterocycles. The average Bonchev–Trinajstić information content (AvgIpc) is 2.65. The Balaban J connectivity index is 0.00000225. The third-order valence-corrected chi connectivity index (χ3v) is 9.16. The molecule has 0 aliphatic carbocycles. The van der Waals surface area contributed by atoms with Crippen LogP contribution in [0.1, 0.15) is 5.56 Å². The van der Waals surface area contributed by atoms with Crippen molar-refractivity contribution in [3.63, 3.8) is 0 Å². The summed E-state index contributed by atoms with van der Waals surface area (Å²) in [4.78, 5) is 0. The van der Waals surface area contributed by atoms with Crippen LogP contribution < -0.4 is 27.6 Å². The first-order chi connectivity index (χ1) is 11.7. The fourth-order valence-electron chi connectivity index (χ4n) is 3.35. The van der Waals surface area contributed by atoms with Gasteiger partial charge in [0.2, 0.25) is 0 Å². The van der Waals surface area contributed by atoms with Gasteiger partial charge in [0.1, 0.15) is 18.0 Å². The minimum atomic E-state index is -1.60. The lowest BCUT2D eigenvalue weighted by atomic mass is 10.2. The molecule has 0 saturated heterocycles. The molecule has 1 nitrogen and oxygen atoms in total. The van der Waals surface area contributed by atoms with Gasteiger partial charge < -0.3 is 17.0 Å². The monoisotopic (exact) mass is 413 g/mol. The Morgan fingerprint density at radius 2 is 1.04 bits per heavy atom. The van der Waals surface area contributed by atoms with Crippen LogP contribution in [-0.2, 0) is 6.42 Å². The summed E-state index contributed by atoms with van der Waals surface area (Å²) < 4.78 is 2.47. The lowest BCUT2D eigenvalue weighted by Crippen LogP contribution is -3.00. The van der Waals surface area contributed by atoms with Crippen molar-refractivity contribution in [2.24, 2.45) is 0 Å². The molecule has 130 valence electrons. The van der Waals surface area contributed by atoms with Gasteiger partial charge in [-0.1, -0.05) is 66.7 Å². The summed E-state index contributed by atoms with van der Waals surface area (Å²) in [6.45, 7) is 0. The van der Waals surface area contributed by atoms with E-state index in [0.29, 0.717) is 0 Å². The molecule has 25 heavy (non-hydrogen) atoms. The number of benzene rings is 3. The number of hydrogen-bond acceptors (Lipinski definition) is 1. The first-order valence-corrected chi connectivity index (χ1v) is 10.4. The molecule has 0 fully saturated rings. The standard InChI is InChI=1S/C22H25NP.BrH/c1-23(2)24(21-14-8-4-9-15-21,22-16-10-5-11-17-22)19-18-20-12-6-3-7-13-20;/h3-17H,18-19H2,1-2H3;1H/q+1;/p-1. The zero-order chi connectivity index (χ0) is 16.8. The highest BCUT2D eigenvalue weighted by molar-refractivity contribution is 7.87. The van der Waals surface area contributed by atoms with Crippen molar-refractivity contribution >= 4 is 18.0 Å². The Labute approximate surface area is 162 Å². The van der Waals surface area contributed by atoms with Crippen LogP contribution in [0.4, 0.5) is 0 Å². The first-order valence-electron chi connectivity index (χ1n) is 8.44. The predicted molar refractivity (Wildman–Crippen MR) is 108 cm³/mol. The summed E-state index contributed by atoms with van der Waals surface area (Å²) in [6, 6.07) is 32.9. The van der Waals surface area contributed by atoms with Crippen molar-refractivity contribution < 1.29 is 17.0 Å². The molecule has 0 radical (unpaired) electrons. The molecule has 0 aliphatic heterocycles. The fourth-order valence-corrected chi connectivity index (χ4v) is 7.40. The second-order valence-corrected chi connectivity index (χ2v) is 10.1. The summed E-state index contributed by atoms with van der Waals surface area (Å²) in [5, 5.41) is 2.91. The Morgan fingerprint density at radius 1 is 0.640 bits per heavy atom. The minimum absolute atomic E-state index is 0. The maximum Gasteiger partial charge on any atom is 0.148 e. The van der Waals surface area contributed by atoms with Crippen molar-refractivity contribution in [2.75, 3.05) is 20.3 Å². The van der Waals surface area contributed by atoms with Gasteiger partial charge in [-0.05, 0) is 29.8 Å². The van der Waals surface area contributed by atoms with Crippen molar-refractivity contribution in [1.29, 1.82) is 0 Å². The van der Waals surface area contributed by atoms with Gasteiger partial charge in [-0.15, -0.1) is 0 Å². The molecule has 3 heteroatoms. The van der Waals surface area contributed by atoms with Crippen LogP contribution >= 0.6 is 7.41 Å². The number of aryl methyl sites for hydroxylation is 1. The van der Waals surface area contributed by atoms with Gasteiger partial charge in [-0.2, -0.15) is 4.67 Å². The predicted octanol–water partition coefficient (Wildman–Crippen LogP) is 1.38. The molecule has 0 unspecified atom stereocenters. The van der Waals surface area contributed by atoms with E-state index in [1.807, 2.05) is 0 Å². The smallest absolute Gasteiger partial charge is 0.148 e. The number of hydrogen-bond donors (Lipinski definition) is 0. The molecule has 0 aliphatic rings. The molecule has 0 atom stereocenters. The fraction of sp³-hybridized carbons (Fsp3) is 0.182. The zero-order valence-corrected chi connectivity index (χ0v) is 17.3. The Morgan fingerprint density at radius 3 is 1.44 bits per heavy atom. The van der Waals surface area contributed by atoms with Crippen LogP contribution in [-0.4, -0.2) is 24.9 Å². The molecule has 3 rings (SSSR count). The summed E-state index contributed by atoms with van der Waals surface area (Å²) in [6.07, 6.45) is 2.24. The Bertz CT molecular complexity index is 705.